The number of methoxy groups -OCH3 is 2. The van der Waals surface area contributed by atoms with Gasteiger partial charge in [0.1, 0.15) is 0 Å². The predicted molar refractivity (Wildman–Crippen MR) is 117 cm³/mol. The molecule has 2 aromatic rings. The van der Waals surface area contributed by atoms with Gasteiger partial charge in [0.25, 0.3) is 0 Å². The summed E-state index contributed by atoms with van der Waals surface area (Å²) < 4.78 is 9.76. The Morgan fingerprint density at radius 1 is 1.00 bits per heavy atom. The molecule has 0 radical (unpaired) electrons. The average molecular weight is 424 g/mol. The first kappa shape index (κ1) is 22.3. The van der Waals surface area contributed by atoms with Crippen LogP contribution < -0.4 is 5.73 Å². The van der Waals surface area contributed by atoms with Gasteiger partial charge in [0, 0.05) is 0 Å². The number of benzene rings is 2. The molecule has 0 saturated heterocycles. The van der Waals surface area contributed by atoms with Crippen LogP contribution in [0.5, 0.6) is 0 Å². The van der Waals surface area contributed by atoms with Crippen molar-refractivity contribution in [3.8, 4) is 0 Å². The lowest BCUT2D eigenvalue weighted by Crippen LogP contribution is -2.44. The van der Waals surface area contributed by atoms with E-state index in [1.165, 1.54) is 14.2 Å². The van der Waals surface area contributed by atoms with Crippen molar-refractivity contribution in [2.45, 2.75) is 38.5 Å². The molecule has 1 aliphatic carbocycles. The zero-order chi connectivity index (χ0) is 22.8. The van der Waals surface area contributed by atoms with E-state index in [0.29, 0.717) is 30.4 Å². The van der Waals surface area contributed by atoms with E-state index in [4.69, 9.17) is 15.2 Å². The summed E-state index contributed by atoms with van der Waals surface area (Å²) in [6.07, 6.45) is 1.82. The van der Waals surface area contributed by atoms with Gasteiger partial charge in [0.2, 0.25) is 0 Å². The summed E-state index contributed by atoms with van der Waals surface area (Å²) >= 11 is 0. The van der Waals surface area contributed by atoms with Crippen LogP contribution in [0, 0.1) is 5.92 Å². The Hall–Kier alpha value is -3.35. The molecule has 0 atom stereocenters. The summed E-state index contributed by atoms with van der Waals surface area (Å²) in [5.41, 5.74) is 9.99. The van der Waals surface area contributed by atoms with Crippen LogP contribution in [0.4, 0.5) is 0 Å². The van der Waals surface area contributed by atoms with E-state index in [0.717, 1.165) is 22.3 Å². The summed E-state index contributed by atoms with van der Waals surface area (Å²) in [4.78, 5) is 24.2. The maximum atomic E-state index is 12.1. The quantitative estimate of drug-likeness (QED) is 0.250. The second kappa shape index (κ2) is 8.79. The maximum absolute atomic E-state index is 12.1. The molecule has 164 valence electrons. The summed E-state index contributed by atoms with van der Waals surface area (Å²) in [5, 5.41) is 13.2. The minimum Gasteiger partial charge on any atom is -0.465 e. The Labute approximate surface area is 181 Å². The van der Waals surface area contributed by atoms with Crippen molar-refractivity contribution < 1.29 is 24.3 Å². The van der Waals surface area contributed by atoms with Crippen LogP contribution in [0.15, 0.2) is 41.6 Å². The van der Waals surface area contributed by atoms with Gasteiger partial charge in [-0.25, -0.2) is 9.59 Å². The van der Waals surface area contributed by atoms with Crippen LogP contribution in [0.3, 0.4) is 0 Å². The van der Waals surface area contributed by atoms with Crippen LogP contribution in [-0.2, 0) is 27.7 Å². The van der Waals surface area contributed by atoms with Crippen LogP contribution in [0.1, 0.15) is 63.2 Å². The topological polar surface area (TPSA) is 111 Å². The smallest absolute Gasteiger partial charge is 0.337 e. The zero-order valence-corrected chi connectivity index (χ0v) is 18.3. The number of esters is 2. The SMILES string of the molecule is COC(=O)c1ccc2c(c1)CCc1cc(C(=O)OC)ccc1C2(CC(C)C)C(N)=NO. The van der Waals surface area contributed by atoms with Crippen LogP contribution >= 0.6 is 0 Å². The highest BCUT2D eigenvalue weighted by Gasteiger charge is 2.44. The first-order chi connectivity index (χ1) is 14.8. The number of ether oxygens (including phenoxy) is 2. The molecular weight excluding hydrogens is 396 g/mol. The van der Waals surface area contributed by atoms with Crippen molar-refractivity contribution in [1.82, 2.24) is 0 Å². The molecule has 7 heteroatoms. The molecule has 0 fully saturated rings. The van der Waals surface area contributed by atoms with Gasteiger partial charge in [-0.2, -0.15) is 0 Å². The number of amidine groups is 1. The molecule has 3 N–H and O–H groups in total. The Morgan fingerprint density at radius 3 is 1.81 bits per heavy atom. The number of nitrogens with two attached hydrogens (primary N) is 1. The first-order valence-electron chi connectivity index (χ1n) is 10.2. The zero-order valence-electron chi connectivity index (χ0n) is 18.3. The summed E-state index contributed by atoms with van der Waals surface area (Å²) in [7, 11) is 2.69. The molecule has 0 bridgehead atoms. The number of oxime groups is 1. The molecule has 3 rings (SSSR count). The Kier molecular flexibility index (Phi) is 6.34. The van der Waals surface area contributed by atoms with Gasteiger partial charge >= 0.3 is 11.9 Å². The summed E-state index contributed by atoms with van der Waals surface area (Å²) in [5.74, 6) is -0.562. The fraction of sp³-hybridized carbons (Fsp3) is 0.375. The highest BCUT2D eigenvalue weighted by molar-refractivity contribution is 5.97. The fourth-order valence-corrected chi connectivity index (χ4v) is 4.64. The van der Waals surface area contributed by atoms with E-state index in [-0.39, 0.29) is 11.8 Å². The monoisotopic (exact) mass is 424 g/mol. The van der Waals surface area contributed by atoms with E-state index < -0.39 is 17.4 Å². The molecule has 0 unspecified atom stereocenters. The molecule has 0 aromatic heterocycles. The second-order valence-electron chi connectivity index (χ2n) is 8.22. The summed E-state index contributed by atoms with van der Waals surface area (Å²) in [6, 6.07) is 10.8. The van der Waals surface area contributed by atoms with Crippen LogP contribution in [0.2, 0.25) is 0 Å². The van der Waals surface area contributed by atoms with Gasteiger partial charge in [-0.15, -0.1) is 0 Å². The number of hydrogen-bond acceptors (Lipinski definition) is 6. The van der Waals surface area contributed by atoms with Crippen molar-refractivity contribution in [2.75, 3.05) is 14.2 Å². The van der Waals surface area contributed by atoms with Crippen molar-refractivity contribution >= 4 is 17.8 Å². The highest BCUT2D eigenvalue weighted by atomic mass is 16.5. The van der Waals surface area contributed by atoms with Gasteiger partial charge in [-0.1, -0.05) is 31.1 Å². The number of rotatable bonds is 5. The third kappa shape index (κ3) is 3.87. The number of carbonyl (C=O) groups is 2. The number of hydrogen-bond donors (Lipinski definition) is 2. The van der Waals surface area contributed by atoms with Crippen molar-refractivity contribution in [1.29, 1.82) is 0 Å². The van der Waals surface area contributed by atoms with E-state index in [1.54, 1.807) is 12.1 Å². The largest absolute Gasteiger partial charge is 0.465 e. The van der Waals surface area contributed by atoms with Gasteiger partial charge in [0.15, 0.2) is 5.84 Å². The van der Waals surface area contributed by atoms with Gasteiger partial charge in [-0.3, -0.25) is 0 Å². The Balaban J connectivity index is 2.34. The average Bonchev–Trinajstić information content (AvgIpc) is 2.91. The van der Waals surface area contributed by atoms with Crippen molar-refractivity contribution in [3.63, 3.8) is 0 Å². The molecule has 0 heterocycles. The lowest BCUT2D eigenvalue weighted by molar-refractivity contribution is 0.0591. The number of fused-ring (bicyclic) bond motifs is 2. The molecule has 31 heavy (non-hydrogen) atoms. The number of nitrogens with zero attached hydrogens (tertiary/aromatic N) is 1. The standard InChI is InChI=1S/C24H28N2O5/c1-14(2)13-24(23(25)26-29)19-9-7-17(21(27)30-3)11-15(19)5-6-16-12-18(22(28)31-4)8-10-20(16)24/h7-12,14,29H,5-6,13H2,1-4H3,(H2,25,26). The minimum absolute atomic E-state index is 0.0715. The van der Waals surface area contributed by atoms with Gasteiger partial charge in [0.05, 0.1) is 30.8 Å². The van der Waals surface area contributed by atoms with E-state index in [1.807, 2.05) is 24.3 Å². The fourth-order valence-electron chi connectivity index (χ4n) is 4.64. The Bertz CT molecular complexity index is 975. The lowest BCUT2D eigenvalue weighted by atomic mass is 9.66. The van der Waals surface area contributed by atoms with E-state index >= 15 is 0 Å². The molecule has 0 saturated carbocycles. The predicted octanol–water partition coefficient (Wildman–Crippen LogP) is 3.44. The summed E-state index contributed by atoms with van der Waals surface area (Å²) in [6.45, 7) is 4.14. The molecule has 1 aliphatic rings. The molecule has 0 spiro atoms. The molecule has 0 amide bonds. The highest BCUT2D eigenvalue weighted by Crippen LogP contribution is 2.45. The van der Waals surface area contributed by atoms with E-state index in [2.05, 4.69) is 19.0 Å². The number of aryl methyl sites for hydroxylation is 2. The maximum Gasteiger partial charge on any atom is 0.337 e. The van der Waals surface area contributed by atoms with E-state index in [9.17, 15) is 14.8 Å². The van der Waals surface area contributed by atoms with Gasteiger partial charge in [-0.05, 0) is 71.7 Å². The van der Waals surface area contributed by atoms with Gasteiger partial charge < -0.3 is 20.4 Å². The van der Waals surface area contributed by atoms with Crippen LogP contribution in [0.25, 0.3) is 0 Å². The third-order valence-electron chi connectivity index (χ3n) is 5.90. The van der Waals surface area contributed by atoms with Crippen LogP contribution in [-0.4, -0.2) is 37.2 Å². The van der Waals surface area contributed by atoms with Crippen molar-refractivity contribution in [2.24, 2.45) is 16.8 Å². The molecule has 7 nitrogen and oxygen atoms in total. The lowest BCUT2D eigenvalue weighted by Gasteiger charge is -2.37. The number of carbonyl (C=O) groups excluding carboxylic acids is 2. The molecular formula is C24H28N2O5. The van der Waals surface area contributed by atoms with Crippen molar-refractivity contribution in [3.05, 3.63) is 69.8 Å². The first-order valence-corrected chi connectivity index (χ1v) is 10.2. The normalized spacial score (nSPS) is 14.9. The molecule has 0 aliphatic heterocycles. The third-order valence-corrected chi connectivity index (χ3v) is 5.90. The minimum atomic E-state index is -0.909. The Morgan fingerprint density at radius 2 is 1.45 bits per heavy atom. The molecule has 2 aromatic carbocycles. The second-order valence-corrected chi connectivity index (χ2v) is 8.22.